The molecule has 2 atom stereocenters. The van der Waals surface area contributed by atoms with E-state index in [-0.39, 0.29) is 17.5 Å². The van der Waals surface area contributed by atoms with Crippen molar-refractivity contribution in [2.75, 3.05) is 19.8 Å². The SMILES string of the molecule is CC(C)(C1=N[C@@H](COCc2ccccc2)CO1)C1=N[C@@H](C(C)(C)C)CO1. The minimum atomic E-state index is -0.450. The van der Waals surface area contributed by atoms with Crippen molar-refractivity contribution < 1.29 is 14.2 Å². The van der Waals surface area contributed by atoms with E-state index in [2.05, 4.69) is 46.8 Å². The summed E-state index contributed by atoms with van der Waals surface area (Å²) in [6.45, 7) is 13.0. The minimum Gasteiger partial charge on any atom is -0.478 e. The Balaban J connectivity index is 1.58. The summed E-state index contributed by atoms with van der Waals surface area (Å²) in [4.78, 5) is 9.54. The van der Waals surface area contributed by atoms with Crippen molar-refractivity contribution >= 4 is 11.8 Å². The molecule has 0 spiro atoms. The molecule has 0 N–H and O–H groups in total. The van der Waals surface area contributed by atoms with Crippen LogP contribution in [0.15, 0.2) is 40.3 Å². The van der Waals surface area contributed by atoms with Gasteiger partial charge >= 0.3 is 0 Å². The first-order valence-corrected chi connectivity index (χ1v) is 9.30. The first kappa shape index (κ1) is 18.9. The van der Waals surface area contributed by atoms with Gasteiger partial charge in [-0.2, -0.15) is 0 Å². The van der Waals surface area contributed by atoms with Crippen LogP contribution in [-0.2, 0) is 20.8 Å². The molecule has 0 unspecified atom stereocenters. The lowest BCUT2D eigenvalue weighted by molar-refractivity contribution is 0.100. The number of hydrogen-bond acceptors (Lipinski definition) is 5. The first-order valence-electron chi connectivity index (χ1n) is 9.30. The van der Waals surface area contributed by atoms with Crippen molar-refractivity contribution in [3.8, 4) is 0 Å². The molecule has 0 aliphatic carbocycles. The summed E-state index contributed by atoms with van der Waals surface area (Å²) in [6, 6.07) is 10.4. The molecule has 2 aliphatic heterocycles. The molecule has 0 bridgehead atoms. The van der Waals surface area contributed by atoms with Gasteiger partial charge in [-0.3, -0.25) is 0 Å². The Morgan fingerprint density at radius 1 is 0.962 bits per heavy atom. The maximum Gasteiger partial charge on any atom is 0.199 e. The van der Waals surface area contributed by atoms with Gasteiger partial charge < -0.3 is 14.2 Å². The fraction of sp³-hybridized carbons (Fsp3) is 0.619. The average Bonchev–Trinajstić information content (AvgIpc) is 3.26. The van der Waals surface area contributed by atoms with Crippen LogP contribution in [-0.4, -0.2) is 43.7 Å². The van der Waals surface area contributed by atoms with Crippen LogP contribution in [0.1, 0.15) is 40.2 Å². The highest BCUT2D eigenvalue weighted by Crippen LogP contribution is 2.33. The van der Waals surface area contributed by atoms with Crippen LogP contribution in [0.2, 0.25) is 0 Å². The van der Waals surface area contributed by atoms with Crippen LogP contribution in [0.5, 0.6) is 0 Å². The molecule has 5 nitrogen and oxygen atoms in total. The highest BCUT2D eigenvalue weighted by atomic mass is 16.5. The second kappa shape index (κ2) is 7.39. The average molecular weight is 358 g/mol. The number of nitrogens with zero attached hydrogens (tertiary/aromatic N) is 2. The Hall–Kier alpha value is -1.88. The maximum absolute atomic E-state index is 5.90. The number of benzene rings is 1. The van der Waals surface area contributed by atoms with Crippen molar-refractivity contribution in [1.82, 2.24) is 0 Å². The number of ether oxygens (including phenoxy) is 3. The van der Waals surface area contributed by atoms with Crippen molar-refractivity contribution in [3.05, 3.63) is 35.9 Å². The zero-order valence-electron chi connectivity index (χ0n) is 16.5. The van der Waals surface area contributed by atoms with Gasteiger partial charge in [0.2, 0.25) is 0 Å². The number of rotatable bonds is 6. The van der Waals surface area contributed by atoms with E-state index in [0.717, 1.165) is 11.5 Å². The minimum absolute atomic E-state index is 0.0217. The molecular weight excluding hydrogens is 328 g/mol. The second-order valence-electron chi connectivity index (χ2n) is 8.65. The molecule has 0 fully saturated rings. The summed E-state index contributed by atoms with van der Waals surface area (Å²) in [5.41, 5.74) is 0.802. The van der Waals surface area contributed by atoms with Gasteiger partial charge in [-0.1, -0.05) is 51.1 Å². The lowest BCUT2D eigenvalue weighted by atomic mass is 9.88. The van der Waals surface area contributed by atoms with Crippen molar-refractivity contribution in [1.29, 1.82) is 0 Å². The molecule has 142 valence electrons. The molecule has 0 radical (unpaired) electrons. The van der Waals surface area contributed by atoms with Gasteiger partial charge in [0, 0.05) is 0 Å². The van der Waals surface area contributed by atoms with Gasteiger partial charge in [0.15, 0.2) is 11.8 Å². The summed E-state index contributed by atoms with van der Waals surface area (Å²) in [5.74, 6) is 1.42. The van der Waals surface area contributed by atoms with Gasteiger partial charge in [-0.25, -0.2) is 9.98 Å². The van der Waals surface area contributed by atoms with Gasteiger partial charge in [-0.05, 0) is 24.8 Å². The lowest BCUT2D eigenvalue weighted by Crippen LogP contribution is -2.34. The van der Waals surface area contributed by atoms with Crippen molar-refractivity contribution in [2.45, 2.75) is 53.3 Å². The molecular formula is C21H30N2O3. The van der Waals surface area contributed by atoms with Crippen LogP contribution < -0.4 is 0 Å². The van der Waals surface area contributed by atoms with Crippen LogP contribution in [0.3, 0.4) is 0 Å². The zero-order valence-corrected chi connectivity index (χ0v) is 16.5. The highest BCUT2D eigenvalue weighted by molar-refractivity contribution is 6.05. The number of hydrogen-bond donors (Lipinski definition) is 0. The van der Waals surface area contributed by atoms with E-state index in [1.54, 1.807) is 0 Å². The van der Waals surface area contributed by atoms with Gasteiger partial charge in [0.1, 0.15) is 24.7 Å². The lowest BCUT2D eigenvalue weighted by Gasteiger charge is -2.23. The Bertz CT molecular complexity index is 674. The number of aliphatic imine (C=N–C) groups is 2. The molecule has 1 aromatic carbocycles. The molecule has 0 amide bonds. The van der Waals surface area contributed by atoms with Crippen LogP contribution in [0.25, 0.3) is 0 Å². The predicted octanol–water partition coefficient (Wildman–Crippen LogP) is 3.87. The van der Waals surface area contributed by atoms with E-state index in [1.165, 1.54) is 0 Å². The first-order chi connectivity index (χ1) is 12.3. The Morgan fingerprint density at radius 3 is 2.27 bits per heavy atom. The summed E-state index contributed by atoms with van der Waals surface area (Å²) in [7, 11) is 0. The van der Waals surface area contributed by atoms with E-state index in [1.807, 2.05) is 18.2 Å². The Labute approximate surface area is 156 Å². The third-order valence-electron chi connectivity index (χ3n) is 4.85. The van der Waals surface area contributed by atoms with E-state index < -0.39 is 5.41 Å². The quantitative estimate of drug-likeness (QED) is 0.776. The van der Waals surface area contributed by atoms with E-state index in [4.69, 9.17) is 24.2 Å². The van der Waals surface area contributed by atoms with Crippen LogP contribution >= 0.6 is 0 Å². The Morgan fingerprint density at radius 2 is 1.62 bits per heavy atom. The molecule has 0 saturated heterocycles. The highest BCUT2D eigenvalue weighted by Gasteiger charge is 2.43. The fourth-order valence-corrected chi connectivity index (χ4v) is 2.98. The van der Waals surface area contributed by atoms with Crippen LogP contribution in [0, 0.1) is 10.8 Å². The normalized spacial score (nSPS) is 23.3. The molecule has 2 aliphatic rings. The largest absolute Gasteiger partial charge is 0.478 e. The molecule has 0 saturated carbocycles. The van der Waals surface area contributed by atoms with Crippen LogP contribution in [0.4, 0.5) is 0 Å². The zero-order chi connectivity index (χ0) is 18.8. The van der Waals surface area contributed by atoms with E-state index in [9.17, 15) is 0 Å². The topological polar surface area (TPSA) is 52.4 Å². The molecule has 26 heavy (non-hydrogen) atoms. The molecule has 2 heterocycles. The molecule has 3 rings (SSSR count). The van der Waals surface area contributed by atoms with Gasteiger partial charge in [0.05, 0.1) is 19.3 Å². The fourth-order valence-electron chi connectivity index (χ4n) is 2.98. The summed E-state index contributed by atoms with van der Waals surface area (Å²) >= 11 is 0. The standard InChI is InChI=1S/C21H30N2O3/c1-20(2,3)17-14-26-19(23-17)21(4,5)18-22-16(13-25-18)12-24-11-15-9-7-6-8-10-15/h6-10,16-17H,11-14H2,1-5H3/t16-,17+/m0/s1. The third kappa shape index (κ3) is 4.26. The molecule has 5 heteroatoms. The van der Waals surface area contributed by atoms with E-state index >= 15 is 0 Å². The predicted molar refractivity (Wildman–Crippen MR) is 104 cm³/mol. The van der Waals surface area contributed by atoms with Gasteiger partial charge in [-0.15, -0.1) is 0 Å². The summed E-state index contributed by atoms with van der Waals surface area (Å²) < 4.78 is 17.6. The van der Waals surface area contributed by atoms with E-state index in [0.29, 0.717) is 32.3 Å². The maximum atomic E-state index is 5.90. The third-order valence-corrected chi connectivity index (χ3v) is 4.85. The Kier molecular flexibility index (Phi) is 5.37. The second-order valence-corrected chi connectivity index (χ2v) is 8.65. The van der Waals surface area contributed by atoms with Crippen molar-refractivity contribution in [3.63, 3.8) is 0 Å². The van der Waals surface area contributed by atoms with Gasteiger partial charge in [0.25, 0.3) is 0 Å². The summed E-state index contributed by atoms with van der Waals surface area (Å²) in [6.07, 6.45) is 0. The molecule has 0 aromatic heterocycles. The van der Waals surface area contributed by atoms with Crippen molar-refractivity contribution in [2.24, 2.45) is 20.8 Å². The smallest absolute Gasteiger partial charge is 0.199 e. The monoisotopic (exact) mass is 358 g/mol. The summed E-state index contributed by atoms with van der Waals surface area (Å²) in [5, 5.41) is 0. The molecule has 1 aromatic rings.